The Morgan fingerprint density at radius 3 is 2.80 bits per heavy atom. The number of rotatable bonds is 6. The van der Waals surface area contributed by atoms with Gasteiger partial charge in [0.05, 0.1) is 17.7 Å². The number of amides is 1. The van der Waals surface area contributed by atoms with E-state index in [4.69, 9.17) is 22.7 Å². The van der Waals surface area contributed by atoms with Gasteiger partial charge < -0.3 is 15.4 Å². The second-order valence-corrected chi connectivity index (χ2v) is 6.17. The Bertz CT molecular complexity index is 532. The maximum Gasteiger partial charge on any atom is 0.255 e. The van der Waals surface area contributed by atoms with E-state index in [9.17, 15) is 4.79 Å². The fourth-order valence-electron chi connectivity index (χ4n) is 2.02. The van der Waals surface area contributed by atoms with Crippen LogP contribution in [0.25, 0.3) is 0 Å². The van der Waals surface area contributed by atoms with Gasteiger partial charge in [-0.15, -0.1) is 0 Å². The molecule has 1 aliphatic rings. The lowest BCUT2D eigenvalue weighted by Crippen LogP contribution is -2.35. The topological polar surface area (TPSA) is 55.6 Å². The first-order valence-corrected chi connectivity index (χ1v) is 7.66. The van der Waals surface area contributed by atoms with Gasteiger partial charge in [-0.3, -0.25) is 4.79 Å². The highest BCUT2D eigenvalue weighted by Crippen LogP contribution is 2.31. The lowest BCUT2D eigenvalue weighted by molar-refractivity contribution is 0.0746. The third kappa shape index (κ3) is 3.70. The number of hydrogen-bond acceptors (Lipinski definition) is 3. The van der Waals surface area contributed by atoms with Gasteiger partial charge in [-0.05, 0) is 47.0 Å². The molecule has 108 valence electrons. The zero-order valence-corrected chi connectivity index (χ0v) is 13.7. The monoisotopic (exact) mass is 356 g/mol. The molecule has 1 saturated carbocycles. The van der Waals surface area contributed by atoms with Crippen molar-refractivity contribution in [3.8, 4) is 5.75 Å². The lowest BCUT2D eigenvalue weighted by atomic mass is 10.1. The van der Waals surface area contributed by atoms with Crippen molar-refractivity contribution in [3.63, 3.8) is 0 Å². The summed E-state index contributed by atoms with van der Waals surface area (Å²) < 4.78 is 5.95. The molecule has 1 aliphatic carbocycles. The van der Waals surface area contributed by atoms with E-state index < -0.39 is 0 Å². The minimum absolute atomic E-state index is 0.00507. The van der Waals surface area contributed by atoms with Crippen molar-refractivity contribution < 1.29 is 9.53 Å². The minimum Gasteiger partial charge on any atom is -0.497 e. The van der Waals surface area contributed by atoms with Gasteiger partial charge >= 0.3 is 0 Å². The Morgan fingerprint density at radius 1 is 1.55 bits per heavy atom. The fourth-order valence-corrected chi connectivity index (χ4v) is 2.52. The van der Waals surface area contributed by atoms with E-state index in [1.54, 1.807) is 13.2 Å². The van der Waals surface area contributed by atoms with Crippen molar-refractivity contribution in [1.82, 2.24) is 4.90 Å². The highest BCUT2D eigenvalue weighted by Gasteiger charge is 2.33. The van der Waals surface area contributed by atoms with Crippen molar-refractivity contribution in [2.24, 2.45) is 5.73 Å². The van der Waals surface area contributed by atoms with Gasteiger partial charge in [0, 0.05) is 23.5 Å². The summed E-state index contributed by atoms with van der Waals surface area (Å²) in [5, 5.41) is 0. The Hall–Kier alpha value is -1.14. The van der Waals surface area contributed by atoms with Gasteiger partial charge in [-0.2, -0.15) is 0 Å². The minimum atomic E-state index is -0.00507. The van der Waals surface area contributed by atoms with Gasteiger partial charge in [0.2, 0.25) is 0 Å². The van der Waals surface area contributed by atoms with Crippen LogP contribution in [0.1, 0.15) is 29.6 Å². The molecule has 0 aromatic heterocycles. The molecular weight excluding hydrogens is 340 g/mol. The number of benzene rings is 1. The van der Waals surface area contributed by atoms with E-state index in [2.05, 4.69) is 15.9 Å². The predicted octanol–water partition coefficient (Wildman–Crippen LogP) is 2.74. The number of halogens is 1. The average molecular weight is 357 g/mol. The number of nitrogens with two attached hydrogens (primary N) is 1. The molecule has 2 N–H and O–H groups in total. The zero-order chi connectivity index (χ0) is 14.7. The molecule has 0 saturated heterocycles. The molecule has 0 aliphatic heterocycles. The largest absolute Gasteiger partial charge is 0.497 e. The molecule has 0 spiro atoms. The second-order valence-electron chi connectivity index (χ2n) is 4.79. The molecule has 1 amide bonds. The van der Waals surface area contributed by atoms with Crippen LogP contribution in [0.3, 0.4) is 0 Å². The van der Waals surface area contributed by atoms with Crippen LogP contribution >= 0.6 is 28.1 Å². The smallest absolute Gasteiger partial charge is 0.255 e. The molecule has 1 aromatic carbocycles. The normalized spacial score (nSPS) is 13.9. The summed E-state index contributed by atoms with van der Waals surface area (Å²) in [5.41, 5.74) is 6.15. The Kier molecular flexibility index (Phi) is 4.99. The summed E-state index contributed by atoms with van der Waals surface area (Å²) >= 11 is 8.32. The van der Waals surface area contributed by atoms with E-state index in [0.717, 1.165) is 17.3 Å². The predicted molar refractivity (Wildman–Crippen MR) is 86.2 cm³/mol. The number of ether oxygens (including phenoxy) is 1. The van der Waals surface area contributed by atoms with Crippen LogP contribution in [0.4, 0.5) is 0 Å². The van der Waals surface area contributed by atoms with Crippen LogP contribution in [0.15, 0.2) is 22.7 Å². The summed E-state index contributed by atoms with van der Waals surface area (Å²) in [6.07, 6.45) is 2.65. The average Bonchev–Trinajstić information content (AvgIpc) is 3.23. The van der Waals surface area contributed by atoms with Crippen molar-refractivity contribution >= 4 is 39.0 Å². The second kappa shape index (κ2) is 6.54. The standard InChI is InChI=1S/C14H17BrN2O2S/c1-19-10-4-5-12(15)11(8-10)14(18)17(9-2-3-9)7-6-13(16)20/h4-5,8-9H,2-3,6-7H2,1H3,(H2,16,20). The quantitative estimate of drug-likeness (QED) is 0.796. The van der Waals surface area contributed by atoms with Crippen molar-refractivity contribution in [3.05, 3.63) is 28.2 Å². The van der Waals surface area contributed by atoms with Crippen LogP contribution in [0.5, 0.6) is 5.75 Å². The zero-order valence-electron chi connectivity index (χ0n) is 11.3. The van der Waals surface area contributed by atoms with Crippen molar-refractivity contribution in [2.75, 3.05) is 13.7 Å². The highest BCUT2D eigenvalue weighted by atomic mass is 79.9. The van der Waals surface area contributed by atoms with Gasteiger partial charge in [0.25, 0.3) is 5.91 Å². The maximum absolute atomic E-state index is 12.7. The Labute approximate surface area is 132 Å². The Balaban J connectivity index is 2.20. The molecule has 1 fully saturated rings. The molecule has 0 heterocycles. The number of carbonyl (C=O) groups excluding carboxylic acids is 1. The third-order valence-corrected chi connectivity index (χ3v) is 4.15. The van der Waals surface area contributed by atoms with Gasteiger partial charge in [0.1, 0.15) is 5.75 Å². The number of carbonyl (C=O) groups is 1. The molecule has 0 unspecified atom stereocenters. The highest BCUT2D eigenvalue weighted by molar-refractivity contribution is 9.10. The van der Waals surface area contributed by atoms with Gasteiger partial charge in [0.15, 0.2) is 0 Å². The third-order valence-electron chi connectivity index (χ3n) is 3.25. The van der Waals surface area contributed by atoms with Crippen LogP contribution < -0.4 is 10.5 Å². The van der Waals surface area contributed by atoms with Crippen LogP contribution in [-0.2, 0) is 0 Å². The van der Waals surface area contributed by atoms with E-state index in [0.29, 0.717) is 35.3 Å². The number of nitrogens with zero attached hydrogens (tertiary/aromatic N) is 1. The molecular formula is C14H17BrN2O2S. The molecule has 0 radical (unpaired) electrons. The van der Waals surface area contributed by atoms with E-state index >= 15 is 0 Å². The van der Waals surface area contributed by atoms with E-state index in [1.165, 1.54) is 0 Å². The molecule has 20 heavy (non-hydrogen) atoms. The van der Waals surface area contributed by atoms with E-state index in [-0.39, 0.29) is 5.91 Å². The molecule has 0 atom stereocenters. The SMILES string of the molecule is COc1ccc(Br)c(C(=O)N(CCC(N)=S)C2CC2)c1. The summed E-state index contributed by atoms with van der Waals surface area (Å²) in [4.78, 5) is 15.0. The maximum atomic E-state index is 12.7. The van der Waals surface area contributed by atoms with Crippen molar-refractivity contribution in [2.45, 2.75) is 25.3 Å². The first-order valence-electron chi connectivity index (χ1n) is 6.45. The van der Waals surface area contributed by atoms with Crippen LogP contribution in [-0.4, -0.2) is 35.5 Å². The summed E-state index contributed by atoms with van der Waals surface area (Å²) in [5.74, 6) is 0.663. The van der Waals surface area contributed by atoms with Gasteiger partial charge in [-0.1, -0.05) is 12.2 Å². The molecule has 4 nitrogen and oxygen atoms in total. The summed E-state index contributed by atoms with van der Waals surface area (Å²) in [7, 11) is 1.59. The molecule has 2 rings (SSSR count). The van der Waals surface area contributed by atoms with Gasteiger partial charge in [-0.25, -0.2) is 0 Å². The van der Waals surface area contributed by atoms with Crippen molar-refractivity contribution in [1.29, 1.82) is 0 Å². The number of thiocarbonyl (C=S) groups is 1. The van der Waals surface area contributed by atoms with Crippen LogP contribution in [0.2, 0.25) is 0 Å². The summed E-state index contributed by atoms with van der Waals surface area (Å²) in [6, 6.07) is 5.71. The van der Waals surface area contributed by atoms with E-state index in [1.807, 2.05) is 17.0 Å². The molecule has 0 bridgehead atoms. The summed E-state index contributed by atoms with van der Waals surface area (Å²) in [6.45, 7) is 0.572. The Morgan fingerprint density at radius 2 is 2.25 bits per heavy atom. The first-order chi connectivity index (χ1) is 9.52. The molecule has 6 heteroatoms. The number of hydrogen-bond donors (Lipinski definition) is 1. The van der Waals surface area contributed by atoms with Crippen LogP contribution in [0, 0.1) is 0 Å². The molecule has 1 aromatic rings. The lowest BCUT2D eigenvalue weighted by Gasteiger charge is -2.23. The first kappa shape index (κ1) is 15.3. The fraction of sp³-hybridized carbons (Fsp3) is 0.429. The number of methoxy groups -OCH3 is 1.